The summed E-state index contributed by atoms with van der Waals surface area (Å²) in [6.07, 6.45) is 10.9. The molecule has 0 saturated carbocycles. The number of nitrogens with one attached hydrogen (secondary N) is 1. The average Bonchev–Trinajstić information content (AvgIpc) is 3.37. The van der Waals surface area contributed by atoms with Gasteiger partial charge in [-0.1, -0.05) is 0 Å². The Bertz CT molecular complexity index is 1110. The number of fused-ring (bicyclic) bond motifs is 3. The van der Waals surface area contributed by atoms with Gasteiger partial charge < -0.3 is 5.32 Å². The molecule has 0 aliphatic heterocycles. The van der Waals surface area contributed by atoms with Crippen LogP contribution in [0.2, 0.25) is 0 Å². The number of rotatable bonds is 4. The second-order valence-corrected chi connectivity index (χ2v) is 8.19. The van der Waals surface area contributed by atoms with Crippen molar-refractivity contribution in [2.75, 3.05) is 5.32 Å². The molecule has 27 heavy (non-hydrogen) atoms. The number of nitrogens with zero attached hydrogens (tertiary/aromatic N) is 5. The van der Waals surface area contributed by atoms with E-state index >= 15 is 0 Å². The van der Waals surface area contributed by atoms with Gasteiger partial charge in [-0.15, -0.1) is 11.3 Å². The normalized spacial score (nSPS) is 13.4. The number of pyridine rings is 1. The molecule has 1 aliphatic rings. The van der Waals surface area contributed by atoms with E-state index < -0.39 is 0 Å². The molecule has 7 heteroatoms. The lowest BCUT2D eigenvalue weighted by molar-refractivity contribution is 0.532. The Morgan fingerprint density at radius 2 is 2.11 bits per heavy atom. The molecule has 4 heterocycles. The minimum Gasteiger partial charge on any atom is -0.337 e. The van der Waals surface area contributed by atoms with Crippen LogP contribution in [-0.2, 0) is 12.8 Å². The summed E-state index contributed by atoms with van der Waals surface area (Å²) in [5.74, 6) is 1.57. The third-order valence-electron chi connectivity index (χ3n) is 4.88. The van der Waals surface area contributed by atoms with E-state index in [9.17, 15) is 0 Å². The van der Waals surface area contributed by atoms with Gasteiger partial charge >= 0.3 is 0 Å². The van der Waals surface area contributed by atoms with Crippen LogP contribution in [0.1, 0.15) is 36.8 Å². The average molecular weight is 376 g/mol. The van der Waals surface area contributed by atoms with Crippen molar-refractivity contribution in [1.29, 1.82) is 0 Å². The monoisotopic (exact) mass is 376 g/mol. The quantitative estimate of drug-likeness (QED) is 0.556. The van der Waals surface area contributed by atoms with Gasteiger partial charge in [0, 0.05) is 35.1 Å². The van der Waals surface area contributed by atoms with Crippen molar-refractivity contribution in [2.45, 2.75) is 39.2 Å². The summed E-state index contributed by atoms with van der Waals surface area (Å²) < 4.78 is 1.95. The van der Waals surface area contributed by atoms with Crippen molar-refractivity contribution in [3.8, 4) is 11.4 Å². The standard InChI is InChI=1S/C20H20N6S/c1-12(2)26-11-14(10-22-26)23-19-17-15-6-3-7-16(15)27-20(17)25-18(24-19)13-5-4-8-21-9-13/h4-5,8-12H,3,6-7H2,1-2H3,(H,23,24,25). The Morgan fingerprint density at radius 1 is 1.19 bits per heavy atom. The van der Waals surface area contributed by atoms with E-state index in [0.29, 0.717) is 11.9 Å². The summed E-state index contributed by atoms with van der Waals surface area (Å²) in [7, 11) is 0. The van der Waals surface area contributed by atoms with Crippen LogP contribution in [0.4, 0.5) is 11.5 Å². The molecule has 0 atom stereocenters. The smallest absolute Gasteiger partial charge is 0.164 e. The number of aromatic nitrogens is 5. The lowest BCUT2D eigenvalue weighted by Crippen LogP contribution is -2.01. The van der Waals surface area contributed by atoms with Gasteiger partial charge in [0.15, 0.2) is 5.82 Å². The van der Waals surface area contributed by atoms with Crippen molar-refractivity contribution in [1.82, 2.24) is 24.7 Å². The molecule has 6 nitrogen and oxygen atoms in total. The maximum absolute atomic E-state index is 4.88. The molecule has 0 aromatic carbocycles. The summed E-state index contributed by atoms with van der Waals surface area (Å²) in [6.45, 7) is 4.23. The van der Waals surface area contributed by atoms with Crippen LogP contribution in [0.25, 0.3) is 21.6 Å². The highest BCUT2D eigenvalue weighted by Gasteiger charge is 2.23. The van der Waals surface area contributed by atoms with Crippen LogP contribution in [0, 0.1) is 0 Å². The topological polar surface area (TPSA) is 68.5 Å². The highest BCUT2D eigenvalue weighted by Crippen LogP contribution is 2.41. The fraction of sp³-hybridized carbons (Fsp3) is 0.300. The van der Waals surface area contributed by atoms with Crippen LogP contribution in [0.5, 0.6) is 0 Å². The molecule has 0 saturated heterocycles. The lowest BCUT2D eigenvalue weighted by atomic mass is 10.2. The first-order chi connectivity index (χ1) is 13.2. The number of anilines is 2. The van der Waals surface area contributed by atoms with E-state index in [2.05, 4.69) is 29.2 Å². The summed E-state index contributed by atoms with van der Waals surface area (Å²) in [5, 5.41) is 9.10. The zero-order valence-electron chi connectivity index (χ0n) is 15.3. The van der Waals surface area contributed by atoms with Gasteiger partial charge in [-0.3, -0.25) is 9.67 Å². The number of aryl methyl sites for hydroxylation is 2. The van der Waals surface area contributed by atoms with Gasteiger partial charge in [0.2, 0.25) is 0 Å². The maximum atomic E-state index is 4.88. The minimum atomic E-state index is 0.322. The van der Waals surface area contributed by atoms with Crippen LogP contribution in [-0.4, -0.2) is 24.7 Å². The van der Waals surface area contributed by atoms with Crippen LogP contribution in [0.3, 0.4) is 0 Å². The second kappa shape index (κ2) is 6.42. The van der Waals surface area contributed by atoms with Crippen LogP contribution >= 0.6 is 11.3 Å². The van der Waals surface area contributed by atoms with E-state index in [0.717, 1.165) is 40.1 Å². The van der Waals surface area contributed by atoms with Crippen molar-refractivity contribution in [3.05, 3.63) is 47.4 Å². The van der Waals surface area contributed by atoms with Crippen LogP contribution < -0.4 is 5.32 Å². The molecule has 4 aromatic heterocycles. The fourth-order valence-electron chi connectivity index (χ4n) is 3.53. The summed E-state index contributed by atoms with van der Waals surface area (Å²) in [5.41, 5.74) is 3.28. The Hall–Kier alpha value is -2.80. The molecule has 0 bridgehead atoms. The van der Waals surface area contributed by atoms with Crippen molar-refractivity contribution >= 4 is 33.1 Å². The Balaban J connectivity index is 1.65. The van der Waals surface area contributed by atoms with E-state index in [1.807, 2.05) is 35.4 Å². The van der Waals surface area contributed by atoms with E-state index in [4.69, 9.17) is 9.97 Å². The predicted molar refractivity (Wildman–Crippen MR) is 109 cm³/mol. The molecule has 0 radical (unpaired) electrons. The summed E-state index contributed by atoms with van der Waals surface area (Å²) >= 11 is 1.80. The van der Waals surface area contributed by atoms with Gasteiger partial charge in [-0.05, 0) is 50.8 Å². The minimum absolute atomic E-state index is 0.322. The second-order valence-electron chi connectivity index (χ2n) is 7.10. The molecule has 5 rings (SSSR count). The van der Waals surface area contributed by atoms with Gasteiger partial charge in [0.25, 0.3) is 0 Å². The highest BCUT2D eigenvalue weighted by molar-refractivity contribution is 7.19. The molecule has 1 aliphatic carbocycles. The zero-order chi connectivity index (χ0) is 18.4. The van der Waals surface area contributed by atoms with E-state index in [1.54, 1.807) is 17.5 Å². The molecule has 0 fully saturated rings. The largest absolute Gasteiger partial charge is 0.337 e. The molecule has 136 valence electrons. The van der Waals surface area contributed by atoms with Crippen molar-refractivity contribution in [3.63, 3.8) is 0 Å². The van der Waals surface area contributed by atoms with Crippen molar-refractivity contribution < 1.29 is 0 Å². The van der Waals surface area contributed by atoms with E-state index in [-0.39, 0.29) is 0 Å². The van der Waals surface area contributed by atoms with Crippen LogP contribution in [0.15, 0.2) is 36.9 Å². The first-order valence-electron chi connectivity index (χ1n) is 9.23. The number of hydrogen-bond acceptors (Lipinski definition) is 6. The maximum Gasteiger partial charge on any atom is 0.164 e. The lowest BCUT2D eigenvalue weighted by Gasteiger charge is -2.09. The predicted octanol–water partition coefficient (Wildman–Crippen LogP) is 4.76. The SMILES string of the molecule is CC(C)n1cc(Nc2nc(-c3cccnc3)nc3sc4c(c23)CCC4)cn1. The Labute approximate surface area is 161 Å². The molecule has 1 N–H and O–H groups in total. The third kappa shape index (κ3) is 2.88. The molecule has 0 spiro atoms. The Morgan fingerprint density at radius 3 is 2.89 bits per heavy atom. The van der Waals surface area contributed by atoms with Gasteiger partial charge in [0.1, 0.15) is 10.6 Å². The van der Waals surface area contributed by atoms with Crippen molar-refractivity contribution in [2.24, 2.45) is 0 Å². The molecular formula is C20H20N6S. The Kier molecular flexibility index (Phi) is 3.89. The van der Waals surface area contributed by atoms with Gasteiger partial charge in [-0.25, -0.2) is 9.97 Å². The molecule has 4 aromatic rings. The molecular weight excluding hydrogens is 356 g/mol. The van der Waals surface area contributed by atoms with E-state index in [1.165, 1.54) is 16.9 Å². The zero-order valence-corrected chi connectivity index (χ0v) is 16.1. The molecule has 0 amide bonds. The first kappa shape index (κ1) is 16.4. The highest BCUT2D eigenvalue weighted by atomic mass is 32.1. The van der Waals surface area contributed by atoms with Gasteiger partial charge in [0.05, 0.1) is 17.3 Å². The summed E-state index contributed by atoms with van der Waals surface area (Å²) in [4.78, 5) is 16.4. The first-order valence-corrected chi connectivity index (χ1v) is 10.0. The summed E-state index contributed by atoms with van der Waals surface area (Å²) in [6, 6.07) is 4.23. The number of thiophene rings is 1. The third-order valence-corrected chi connectivity index (χ3v) is 6.06. The number of hydrogen-bond donors (Lipinski definition) is 1. The fourth-order valence-corrected chi connectivity index (χ4v) is 4.79. The van der Waals surface area contributed by atoms with Gasteiger partial charge in [-0.2, -0.15) is 5.10 Å². The molecule has 0 unspecified atom stereocenters.